The van der Waals surface area contributed by atoms with Crippen molar-refractivity contribution in [2.45, 2.75) is 25.8 Å². The largest absolute Gasteiger partial charge is 0.416 e. The van der Waals surface area contributed by atoms with Crippen LogP contribution in [0.2, 0.25) is 0 Å². The van der Waals surface area contributed by atoms with E-state index in [0.29, 0.717) is 31.0 Å². The Kier molecular flexibility index (Phi) is 4.45. The van der Waals surface area contributed by atoms with Crippen LogP contribution >= 0.6 is 0 Å². The molecule has 0 saturated carbocycles. The van der Waals surface area contributed by atoms with Gasteiger partial charge in [-0.25, -0.2) is 19.1 Å². The number of nitrogens with one attached hydrogen (secondary N) is 1. The Morgan fingerprint density at radius 1 is 1.18 bits per heavy atom. The van der Waals surface area contributed by atoms with Crippen LogP contribution in [0.1, 0.15) is 17.0 Å². The number of amides is 2. The molecule has 0 spiro atoms. The Morgan fingerprint density at radius 3 is 2.71 bits per heavy atom. The van der Waals surface area contributed by atoms with E-state index in [4.69, 9.17) is 0 Å². The smallest absolute Gasteiger partial charge is 0.315 e. The Labute approximate surface area is 156 Å². The molecule has 2 aromatic heterocycles. The fourth-order valence-electron chi connectivity index (χ4n) is 2.84. The fourth-order valence-corrected chi connectivity index (χ4v) is 2.84. The molecule has 9 nitrogen and oxygen atoms in total. The molecule has 1 aliphatic rings. The molecular weight excluding hydrogens is 377 g/mol. The van der Waals surface area contributed by atoms with Crippen LogP contribution in [0.3, 0.4) is 0 Å². The van der Waals surface area contributed by atoms with E-state index in [1.807, 2.05) is 0 Å². The molecule has 0 saturated heterocycles. The highest BCUT2D eigenvalue weighted by molar-refractivity contribution is 5.88. The highest BCUT2D eigenvalue weighted by Crippen LogP contribution is 2.29. The molecule has 28 heavy (non-hydrogen) atoms. The third kappa shape index (κ3) is 3.80. The zero-order valence-electron chi connectivity index (χ0n) is 14.5. The molecule has 2 amide bonds. The maximum Gasteiger partial charge on any atom is 0.416 e. The number of anilines is 1. The summed E-state index contributed by atoms with van der Waals surface area (Å²) in [7, 11) is 0. The first kappa shape index (κ1) is 17.9. The second-order valence-corrected chi connectivity index (χ2v) is 6.25. The maximum absolute atomic E-state index is 12.6. The number of urea groups is 1. The molecule has 3 aromatic rings. The molecule has 0 aliphatic carbocycles. The Bertz CT molecular complexity index is 978. The van der Waals surface area contributed by atoms with Crippen LogP contribution in [0.15, 0.2) is 36.8 Å². The first-order chi connectivity index (χ1) is 13.4. The standard InChI is InChI=1S/C16H15F3N8O/c17-16(18,19)12-3-1-11(2-4-12)7-26-8-13(23-24-26)22-15(28)25-5-6-27-14(9-25)20-10-21-27/h1-4,8,10H,5-7,9H2,(H,22,28). The molecule has 3 heterocycles. The van der Waals surface area contributed by atoms with Crippen molar-refractivity contribution in [3.8, 4) is 0 Å². The van der Waals surface area contributed by atoms with Crippen LogP contribution in [-0.4, -0.2) is 47.2 Å². The highest BCUT2D eigenvalue weighted by atomic mass is 19.4. The third-order valence-corrected chi connectivity index (χ3v) is 4.30. The van der Waals surface area contributed by atoms with Gasteiger partial charge in [0.25, 0.3) is 0 Å². The van der Waals surface area contributed by atoms with Crippen LogP contribution in [0.25, 0.3) is 0 Å². The minimum Gasteiger partial charge on any atom is -0.315 e. The van der Waals surface area contributed by atoms with Gasteiger partial charge in [0.2, 0.25) is 0 Å². The number of halogens is 3. The summed E-state index contributed by atoms with van der Waals surface area (Å²) in [5.74, 6) is 0.955. The summed E-state index contributed by atoms with van der Waals surface area (Å²) < 4.78 is 41.0. The number of rotatable bonds is 3. The van der Waals surface area contributed by atoms with Crippen molar-refractivity contribution in [1.29, 1.82) is 0 Å². The molecule has 0 atom stereocenters. The number of carbonyl (C=O) groups is 1. The number of nitrogens with zero attached hydrogens (tertiary/aromatic N) is 7. The molecule has 1 aliphatic heterocycles. The first-order valence-electron chi connectivity index (χ1n) is 8.37. The van der Waals surface area contributed by atoms with E-state index >= 15 is 0 Å². The zero-order valence-corrected chi connectivity index (χ0v) is 14.5. The number of benzene rings is 1. The molecule has 1 aromatic carbocycles. The third-order valence-electron chi connectivity index (χ3n) is 4.30. The van der Waals surface area contributed by atoms with E-state index in [1.54, 1.807) is 9.58 Å². The van der Waals surface area contributed by atoms with E-state index in [0.717, 1.165) is 12.1 Å². The quantitative estimate of drug-likeness (QED) is 0.736. The summed E-state index contributed by atoms with van der Waals surface area (Å²) in [5.41, 5.74) is -0.0775. The van der Waals surface area contributed by atoms with Crippen LogP contribution in [0.5, 0.6) is 0 Å². The summed E-state index contributed by atoms with van der Waals surface area (Å²) in [6.45, 7) is 1.62. The zero-order chi connectivity index (χ0) is 19.7. The van der Waals surface area contributed by atoms with Crippen molar-refractivity contribution in [2.75, 3.05) is 11.9 Å². The SMILES string of the molecule is O=C(Nc1cn(Cc2ccc(C(F)(F)F)cc2)nn1)N1CCn2ncnc2C1. The van der Waals surface area contributed by atoms with Gasteiger partial charge in [-0.2, -0.15) is 18.3 Å². The predicted octanol–water partition coefficient (Wildman–Crippen LogP) is 1.98. The first-order valence-corrected chi connectivity index (χ1v) is 8.37. The van der Waals surface area contributed by atoms with Gasteiger partial charge in [0.05, 0.1) is 31.4 Å². The molecule has 1 N–H and O–H groups in total. The van der Waals surface area contributed by atoms with Gasteiger partial charge in [-0.3, -0.25) is 5.32 Å². The van der Waals surface area contributed by atoms with E-state index < -0.39 is 11.7 Å². The average Bonchev–Trinajstić information content (AvgIpc) is 3.30. The summed E-state index contributed by atoms with van der Waals surface area (Å²) in [6.07, 6.45) is -1.41. The minimum atomic E-state index is -4.37. The normalized spacial score (nSPS) is 14.0. The van der Waals surface area contributed by atoms with Crippen molar-refractivity contribution >= 4 is 11.8 Å². The topological polar surface area (TPSA) is 93.8 Å². The van der Waals surface area contributed by atoms with E-state index in [2.05, 4.69) is 25.7 Å². The number of fused-ring (bicyclic) bond motifs is 1. The number of aromatic nitrogens is 6. The van der Waals surface area contributed by atoms with Crippen LogP contribution in [0.4, 0.5) is 23.8 Å². The van der Waals surface area contributed by atoms with E-state index in [-0.39, 0.29) is 18.4 Å². The predicted molar refractivity (Wildman–Crippen MR) is 90.0 cm³/mol. The van der Waals surface area contributed by atoms with Crippen LogP contribution < -0.4 is 5.32 Å². The number of alkyl halides is 3. The summed E-state index contributed by atoms with van der Waals surface area (Å²) in [5, 5.41) is 14.5. The van der Waals surface area contributed by atoms with Gasteiger partial charge in [-0.15, -0.1) is 5.10 Å². The molecule has 146 valence electrons. The van der Waals surface area contributed by atoms with Gasteiger partial charge in [0.15, 0.2) is 5.82 Å². The lowest BCUT2D eigenvalue weighted by molar-refractivity contribution is -0.137. The number of hydrogen-bond donors (Lipinski definition) is 1. The molecule has 0 unspecified atom stereocenters. The highest BCUT2D eigenvalue weighted by Gasteiger charge is 2.30. The lowest BCUT2D eigenvalue weighted by Crippen LogP contribution is -2.41. The van der Waals surface area contributed by atoms with Crippen molar-refractivity contribution in [2.24, 2.45) is 0 Å². The van der Waals surface area contributed by atoms with Gasteiger partial charge < -0.3 is 4.90 Å². The Hall–Kier alpha value is -3.44. The Balaban J connectivity index is 1.36. The van der Waals surface area contributed by atoms with Gasteiger partial charge in [0.1, 0.15) is 12.2 Å². The molecule has 0 bridgehead atoms. The lowest BCUT2D eigenvalue weighted by Gasteiger charge is -2.26. The second kappa shape index (κ2) is 6.94. The van der Waals surface area contributed by atoms with Crippen molar-refractivity contribution in [3.05, 3.63) is 53.7 Å². The molecule has 4 rings (SSSR count). The lowest BCUT2D eigenvalue weighted by atomic mass is 10.1. The van der Waals surface area contributed by atoms with Gasteiger partial charge >= 0.3 is 12.2 Å². The summed E-state index contributed by atoms with van der Waals surface area (Å²) >= 11 is 0. The summed E-state index contributed by atoms with van der Waals surface area (Å²) in [4.78, 5) is 18.1. The molecular formula is C16H15F3N8O. The van der Waals surface area contributed by atoms with Crippen LogP contribution in [0, 0.1) is 0 Å². The minimum absolute atomic E-state index is 0.230. The number of hydrogen-bond acceptors (Lipinski definition) is 5. The van der Waals surface area contributed by atoms with E-state index in [9.17, 15) is 18.0 Å². The van der Waals surface area contributed by atoms with Gasteiger partial charge in [-0.1, -0.05) is 17.3 Å². The van der Waals surface area contributed by atoms with Gasteiger partial charge in [0, 0.05) is 6.54 Å². The van der Waals surface area contributed by atoms with Crippen molar-refractivity contribution < 1.29 is 18.0 Å². The Morgan fingerprint density at radius 2 is 1.96 bits per heavy atom. The molecule has 12 heteroatoms. The van der Waals surface area contributed by atoms with Crippen molar-refractivity contribution in [3.63, 3.8) is 0 Å². The van der Waals surface area contributed by atoms with Gasteiger partial charge in [-0.05, 0) is 17.7 Å². The maximum atomic E-state index is 12.6. The summed E-state index contributed by atoms with van der Waals surface area (Å²) in [6, 6.07) is 4.46. The monoisotopic (exact) mass is 392 g/mol. The molecule has 0 fully saturated rings. The average molecular weight is 392 g/mol. The fraction of sp³-hybridized carbons (Fsp3) is 0.312. The second-order valence-electron chi connectivity index (χ2n) is 6.25. The van der Waals surface area contributed by atoms with Crippen LogP contribution in [-0.2, 0) is 25.8 Å². The van der Waals surface area contributed by atoms with Crippen molar-refractivity contribution in [1.82, 2.24) is 34.7 Å². The van der Waals surface area contributed by atoms with E-state index in [1.165, 1.54) is 29.3 Å². The number of carbonyl (C=O) groups excluding carboxylic acids is 1. The molecule has 0 radical (unpaired) electrons.